The number of hydrogen-bond donors (Lipinski definition) is 1. The number of nitrogens with zero attached hydrogens (tertiary/aromatic N) is 2. The van der Waals surface area contributed by atoms with Gasteiger partial charge in [-0.15, -0.1) is 11.3 Å². The number of nitrogens with two attached hydrogens (primary N) is 1. The van der Waals surface area contributed by atoms with Crippen molar-refractivity contribution in [2.75, 3.05) is 18.0 Å². The Bertz CT molecular complexity index is 420. The first-order valence-electron chi connectivity index (χ1n) is 7.39. The van der Waals surface area contributed by atoms with Crippen molar-refractivity contribution in [3.63, 3.8) is 0 Å². The third kappa shape index (κ3) is 3.29. The molecule has 1 aromatic rings. The minimum absolute atomic E-state index is 0.398. The van der Waals surface area contributed by atoms with Crippen molar-refractivity contribution in [2.24, 2.45) is 17.1 Å². The smallest absolute Gasteiger partial charge is 0.185 e. The van der Waals surface area contributed by atoms with Gasteiger partial charge in [0.2, 0.25) is 0 Å². The quantitative estimate of drug-likeness (QED) is 0.919. The molecule has 1 atom stereocenters. The van der Waals surface area contributed by atoms with E-state index in [0.29, 0.717) is 12.0 Å². The minimum atomic E-state index is 0.398. The molecule has 0 aromatic carbocycles. The summed E-state index contributed by atoms with van der Waals surface area (Å²) in [7, 11) is 0. The van der Waals surface area contributed by atoms with Gasteiger partial charge in [-0.1, -0.05) is 34.1 Å². The number of thiazole rings is 1. The lowest BCUT2D eigenvalue weighted by Gasteiger charge is -2.26. The van der Waals surface area contributed by atoms with Crippen LogP contribution in [-0.2, 0) is 13.0 Å². The molecule has 0 spiro atoms. The highest BCUT2D eigenvalue weighted by molar-refractivity contribution is 7.15. The first-order valence-corrected chi connectivity index (χ1v) is 8.21. The number of hydrogen-bond acceptors (Lipinski definition) is 4. The van der Waals surface area contributed by atoms with Crippen LogP contribution in [0.25, 0.3) is 0 Å². The van der Waals surface area contributed by atoms with Crippen molar-refractivity contribution < 1.29 is 0 Å². The van der Waals surface area contributed by atoms with Gasteiger partial charge < -0.3 is 10.6 Å². The van der Waals surface area contributed by atoms with Gasteiger partial charge in [0, 0.05) is 24.5 Å². The fourth-order valence-electron chi connectivity index (χ4n) is 2.74. The number of aryl methyl sites for hydroxylation is 1. The van der Waals surface area contributed by atoms with E-state index in [-0.39, 0.29) is 0 Å². The van der Waals surface area contributed by atoms with Gasteiger partial charge in [-0.3, -0.25) is 0 Å². The monoisotopic (exact) mass is 281 g/mol. The summed E-state index contributed by atoms with van der Waals surface area (Å²) < 4.78 is 0. The van der Waals surface area contributed by atoms with Crippen LogP contribution in [-0.4, -0.2) is 18.1 Å². The zero-order valence-electron chi connectivity index (χ0n) is 12.7. The molecule has 2 N–H and O–H groups in total. The zero-order chi connectivity index (χ0) is 14.0. The van der Waals surface area contributed by atoms with E-state index in [1.807, 2.05) is 0 Å². The van der Waals surface area contributed by atoms with Gasteiger partial charge in [0.25, 0.3) is 0 Å². The van der Waals surface area contributed by atoms with Crippen molar-refractivity contribution >= 4 is 16.5 Å². The highest BCUT2D eigenvalue weighted by atomic mass is 32.1. The summed E-state index contributed by atoms with van der Waals surface area (Å²) in [5.41, 5.74) is 7.47. The normalized spacial score (nSPS) is 20.3. The second-order valence-electron chi connectivity index (χ2n) is 6.62. The Kier molecular flexibility index (Phi) is 4.51. The molecule has 0 saturated carbocycles. The van der Waals surface area contributed by atoms with Gasteiger partial charge >= 0.3 is 0 Å². The molecule has 4 heteroatoms. The molecule has 19 heavy (non-hydrogen) atoms. The lowest BCUT2D eigenvalue weighted by molar-refractivity contribution is 0.263. The average molecular weight is 281 g/mol. The predicted molar refractivity (Wildman–Crippen MR) is 83.8 cm³/mol. The lowest BCUT2D eigenvalue weighted by Crippen LogP contribution is -2.25. The molecule has 1 saturated heterocycles. The average Bonchev–Trinajstić information content (AvgIpc) is 2.93. The molecule has 0 radical (unpaired) electrons. The van der Waals surface area contributed by atoms with Gasteiger partial charge in [-0.2, -0.15) is 0 Å². The Morgan fingerprint density at radius 3 is 2.68 bits per heavy atom. The molecule has 3 nitrogen and oxygen atoms in total. The molecule has 0 bridgehead atoms. The molecule has 1 unspecified atom stereocenters. The molecular formula is C15H27N3S. The Balaban J connectivity index is 2.11. The third-order valence-corrected chi connectivity index (χ3v) is 5.30. The zero-order valence-corrected chi connectivity index (χ0v) is 13.5. The number of anilines is 1. The van der Waals surface area contributed by atoms with Crippen LogP contribution < -0.4 is 10.6 Å². The SMILES string of the molecule is CCCc1nc(N2CCC(C(C)(C)C)C2)sc1CN. The van der Waals surface area contributed by atoms with Crippen LogP contribution >= 0.6 is 11.3 Å². The molecule has 1 fully saturated rings. The molecule has 0 aliphatic carbocycles. The number of aromatic nitrogens is 1. The van der Waals surface area contributed by atoms with Crippen LogP contribution in [0.15, 0.2) is 0 Å². The molecule has 1 aliphatic rings. The number of rotatable bonds is 4. The van der Waals surface area contributed by atoms with E-state index < -0.39 is 0 Å². The Labute approximate surface area is 121 Å². The maximum Gasteiger partial charge on any atom is 0.185 e. The van der Waals surface area contributed by atoms with Gasteiger partial charge in [-0.25, -0.2) is 4.98 Å². The van der Waals surface area contributed by atoms with Crippen LogP contribution in [0.5, 0.6) is 0 Å². The maximum absolute atomic E-state index is 5.84. The highest BCUT2D eigenvalue weighted by Gasteiger charge is 2.33. The fraction of sp³-hybridized carbons (Fsp3) is 0.800. The summed E-state index contributed by atoms with van der Waals surface area (Å²) in [6, 6.07) is 0. The molecule has 1 aliphatic heterocycles. The largest absolute Gasteiger partial charge is 0.348 e. The minimum Gasteiger partial charge on any atom is -0.348 e. The molecule has 2 rings (SSSR count). The first-order chi connectivity index (χ1) is 8.95. The molecule has 2 heterocycles. The van der Waals surface area contributed by atoms with Gasteiger partial charge in [0.1, 0.15) is 0 Å². The van der Waals surface area contributed by atoms with Crippen LogP contribution in [0.2, 0.25) is 0 Å². The van der Waals surface area contributed by atoms with Crippen LogP contribution in [0.3, 0.4) is 0 Å². The molecule has 1 aromatic heterocycles. The predicted octanol–water partition coefficient (Wildman–Crippen LogP) is 3.43. The van der Waals surface area contributed by atoms with Crippen LogP contribution in [0.4, 0.5) is 5.13 Å². The summed E-state index contributed by atoms with van der Waals surface area (Å²) in [5, 5.41) is 1.19. The Morgan fingerprint density at radius 2 is 2.16 bits per heavy atom. The van der Waals surface area contributed by atoms with E-state index in [1.165, 1.54) is 22.1 Å². The molecular weight excluding hydrogens is 254 g/mol. The molecule has 0 amide bonds. The third-order valence-electron chi connectivity index (χ3n) is 4.12. The maximum atomic E-state index is 5.84. The second kappa shape index (κ2) is 5.80. The fourth-order valence-corrected chi connectivity index (χ4v) is 3.76. The van der Waals surface area contributed by atoms with Gasteiger partial charge in [0.15, 0.2) is 5.13 Å². The Morgan fingerprint density at radius 1 is 1.42 bits per heavy atom. The van der Waals surface area contributed by atoms with Crippen molar-refractivity contribution in [1.82, 2.24) is 4.98 Å². The summed E-state index contributed by atoms with van der Waals surface area (Å²) in [5.74, 6) is 0.771. The highest BCUT2D eigenvalue weighted by Crippen LogP contribution is 2.37. The van der Waals surface area contributed by atoms with Crippen molar-refractivity contribution in [3.05, 3.63) is 10.6 Å². The van der Waals surface area contributed by atoms with Gasteiger partial charge in [0.05, 0.1) is 5.69 Å². The van der Waals surface area contributed by atoms with Crippen molar-refractivity contribution in [2.45, 2.75) is 53.5 Å². The van der Waals surface area contributed by atoms with E-state index >= 15 is 0 Å². The lowest BCUT2D eigenvalue weighted by atomic mass is 9.80. The van der Waals surface area contributed by atoms with Crippen molar-refractivity contribution in [1.29, 1.82) is 0 Å². The summed E-state index contributed by atoms with van der Waals surface area (Å²) in [6.07, 6.45) is 3.48. The summed E-state index contributed by atoms with van der Waals surface area (Å²) >= 11 is 1.80. The Hall–Kier alpha value is -0.610. The van der Waals surface area contributed by atoms with E-state index in [1.54, 1.807) is 11.3 Å². The van der Waals surface area contributed by atoms with Crippen LogP contribution in [0.1, 0.15) is 51.1 Å². The van der Waals surface area contributed by atoms with E-state index in [2.05, 4.69) is 32.6 Å². The standard InChI is InChI=1S/C15H27N3S/c1-5-6-12-13(9-16)19-14(17-12)18-8-7-11(10-18)15(2,3)4/h11H,5-10,16H2,1-4H3. The molecule has 108 valence electrons. The van der Waals surface area contributed by atoms with E-state index in [4.69, 9.17) is 10.7 Å². The topological polar surface area (TPSA) is 42.2 Å². The van der Waals surface area contributed by atoms with E-state index in [0.717, 1.165) is 31.8 Å². The summed E-state index contributed by atoms with van der Waals surface area (Å²) in [6.45, 7) is 12.1. The van der Waals surface area contributed by atoms with E-state index in [9.17, 15) is 0 Å². The van der Waals surface area contributed by atoms with Gasteiger partial charge in [-0.05, 0) is 24.2 Å². The van der Waals surface area contributed by atoms with Crippen molar-refractivity contribution in [3.8, 4) is 0 Å². The first kappa shape index (κ1) is 14.8. The van der Waals surface area contributed by atoms with Crippen LogP contribution in [0, 0.1) is 11.3 Å². The summed E-state index contributed by atoms with van der Waals surface area (Å²) in [4.78, 5) is 8.57. The second-order valence-corrected chi connectivity index (χ2v) is 7.68.